The fourth-order valence-electron chi connectivity index (χ4n) is 1.06. The van der Waals surface area contributed by atoms with Crippen LogP contribution in [-0.4, -0.2) is 6.17 Å². The number of hydrogen-bond acceptors (Lipinski definition) is 2. The summed E-state index contributed by atoms with van der Waals surface area (Å²) in [5.74, 6) is 0.279. The molecule has 0 amide bonds. The van der Waals surface area contributed by atoms with Gasteiger partial charge in [0.1, 0.15) is 6.17 Å². The van der Waals surface area contributed by atoms with E-state index in [2.05, 4.69) is 20.1 Å². The van der Waals surface area contributed by atoms with Crippen LogP contribution < -0.4 is 0 Å². The Morgan fingerprint density at radius 2 is 1.73 bits per heavy atom. The standard InChI is InChI=1S/C5H8N6/c6-10-8-5(9-11-7)4-2-1-3-4/h4-5H,1-3H2. The number of rotatable bonds is 3. The van der Waals surface area contributed by atoms with Crippen LogP contribution in [0.1, 0.15) is 19.3 Å². The number of nitrogens with zero attached hydrogens (tertiary/aromatic N) is 6. The van der Waals surface area contributed by atoms with Gasteiger partial charge in [0.2, 0.25) is 0 Å². The van der Waals surface area contributed by atoms with Crippen LogP contribution in [0.25, 0.3) is 20.9 Å². The molecule has 11 heavy (non-hydrogen) atoms. The molecule has 0 N–H and O–H groups in total. The highest BCUT2D eigenvalue weighted by atomic mass is 15.3. The highest BCUT2D eigenvalue weighted by Gasteiger charge is 2.25. The first-order chi connectivity index (χ1) is 5.38. The van der Waals surface area contributed by atoms with Crippen LogP contribution in [0.3, 0.4) is 0 Å². The smallest absolute Gasteiger partial charge is 0.0843 e. The van der Waals surface area contributed by atoms with E-state index >= 15 is 0 Å². The lowest BCUT2D eigenvalue weighted by Crippen LogP contribution is -2.22. The largest absolute Gasteiger partial charge is 0.118 e. The average Bonchev–Trinajstić information content (AvgIpc) is 1.85. The van der Waals surface area contributed by atoms with Crippen molar-refractivity contribution >= 4 is 0 Å². The third-order valence-electron chi connectivity index (χ3n) is 1.91. The van der Waals surface area contributed by atoms with E-state index in [1.807, 2.05) is 0 Å². The van der Waals surface area contributed by atoms with Gasteiger partial charge in [-0.2, -0.15) is 0 Å². The molecule has 0 unspecified atom stereocenters. The van der Waals surface area contributed by atoms with Crippen molar-refractivity contribution in [2.24, 2.45) is 16.1 Å². The van der Waals surface area contributed by atoms with Gasteiger partial charge in [0, 0.05) is 9.82 Å². The molecule has 1 saturated carbocycles. The summed E-state index contributed by atoms with van der Waals surface area (Å²) in [6.07, 6.45) is 2.65. The molecule has 58 valence electrons. The summed E-state index contributed by atoms with van der Waals surface area (Å²) < 4.78 is 0. The Labute approximate surface area is 63.5 Å². The zero-order valence-corrected chi connectivity index (χ0v) is 5.96. The summed E-state index contributed by atoms with van der Waals surface area (Å²) in [5, 5.41) is 6.79. The summed E-state index contributed by atoms with van der Waals surface area (Å²) in [4.78, 5) is 5.24. The Kier molecular flexibility index (Phi) is 2.60. The van der Waals surface area contributed by atoms with Gasteiger partial charge in [0.25, 0.3) is 0 Å². The van der Waals surface area contributed by atoms with E-state index in [-0.39, 0.29) is 5.92 Å². The van der Waals surface area contributed by atoms with Gasteiger partial charge in [0.15, 0.2) is 0 Å². The Morgan fingerprint density at radius 3 is 2.00 bits per heavy atom. The van der Waals surface area contributed by atoms with Gasteiger partial charge in [-0.05, 0) is 29.8 Å². The second kappa shape index (κ2) is 3.71. The molecule has 0 saturated heterocycles. The molecule has 6 nitrogen and oxygen atoms in total. The maximum absolute atomic E-state index is 8.11. The molecule has 0 aliphatic heterocycles. The molecule has 1 aliphatic carbocycles. The molecular weight excluding hydrogens is 144 g/mol. The van der Waals surface area contributed by atoms with E-state index in [0.717, 1.165) is 19.3 Å². The Balaban J connectivity index is 2.57. The fourth-order valence-corrected chi connectivity index (χ4v) is 1.06. The average molecular weight is 152 g/mol. The third kappa shape index (κ3) is 1.77. The predicted molar refractivity (Wildman–Crippen MR) is 39.4 cm³/mol. The monoisotopic (exact) mass is 152 g/mol. The highest BCUT2D eigenvalue weighted by Crippen LogP contribution is 2.31. The summed E-state index contributed by atoms with van der Waals surface area (Å²) in [6, 6.07) is 0. The van der Waals surface area contributed by atoms with E-state index in [0.29, 0.717) is 0 Å². The van der Waals surface area contributed by atoms with Crippen LogP contribution in [0.5, 0.6) is 0 Å². The summed E-state index contributed by atoms with van der Waals surface area (Å²) in [6.45, 7) is 0. The van der Waals surface area contributed by atoms with Crippen molar-refractivity contribution < 1.29 is 0 Å². The molecule has 1 aliphatic rings. The zero-order chi connectivity index (χ0) is 8.10. The molecule has 0 bridgehead atoms. The van der Waals surface area contributed by atoms with Crippen molar-refractivity contribution in [3.8, 4) is 0 Å². The quantitative estimate of drug-likeness (QED) is 0.337. The van der Waals surface area contributed by atoms with Crippen molar-refractivity contribution in [1.82, 2.24) is 0 Å². The van der Waals surface area contributed by atoms with Crippen LogP contribution in [0.2, 0.25) is 0 Å². The van der Waals surface area contributed by atoms with Gasteiger partial charge >= 0.3 is 0 Å². The van der Waals surface area contributed by atoms with Gasteiger partial charge in [-0.15, -0.1) is 0 Å². The van der Waals surface area contributed by atoms with Crippen LogP contribution in [0.15, 0.2) is 10.2 Å². The first-order valence-corrected chi connectivity index (χ1v) is 3.47. The van der Waals surface area contributed by atoms with E-state index in [1.165, 1.54) is 0 Å². The van der Waals surface area contributed by atoms with Gasteiger partial charge in [-0.25, -0.2) is 0 Å². The second-order valence-electron chi connectivity index (χ2n) is 2.51. The summed E-state index contributed by atoms with van der Waals surface area (Å²) >= 11 is 0. The molecule has 0 heterocycles. The lowest BCUT2D eigenvalue weighted by molar-refractivity contribution is 0.265. The van der Waals surface area contributed by atoms with Crippen molar-refractivity contribution in [3.63, 3.8) is 0 Å². The van der Waals surface area contributed by atoms with E-state index < -0.39 is 6.17 Å². The lowest BCUT2D eigenvalue weighted by atomic mass is 9.83. The molecule has 6 heteroatoms. The molecule has 0 radical (unpaired) electrons. The summed E-state index contributed by atoms with van der Waals surface area (Å²) in [5.41, 5.74) is 16.2. The van der Waals surface area contributed by atoms with E-state index in [1.54, 1.807) is 0 Å². The lowest BCUT2D eigenvalue weighted by Gasteiger charge is -2.27. The third-order valence-corrected chi connectivity index (χ3v) is 1.91. The molecular formula is C5H8N6. The van der Waals surface area contributed by atoms with Gasteiger partial charge < -0.3 is 0 Å². The van der Waals surface area contributed by atoms with Gasteiger partial charge in [-0.1, -0.05) is 16.6 Å². The number of hydrogen-bond donors (Lipinski definition) is 0. The van der Waals surface area contributed by atoms with E-state index in [9.17, 15) is 0 Å². The number of azide groups is 1. The highest BCUT2D eigenvalue weighted by molar-refractivity contribution is 4.81. The van der Waals surface area contributed by atoms with Crippen LogP contribution >= 0.6 is 0 Å². The van der Waals surface area contributed by atoms with Crippen molar-refractivity contribution in [2.75, 3.05) is 0 Å². The first kappa shape index (κ1) is 7.72. The van der Waals surface area contributed by atoms with Crippen molar-refractivity contribution in [3.05, 3.63) is 20.9 Å². The van der Waals surface area contributed by atoms with Crippen LogP contribution in [-0.2, 0) is 0 Å². The molecule has 0 aromatic heterocycles. The molecule has 0 aromatic rings. The summed E-state index contributed by atoms with van der Waals surface area (Å²) in [7, 11) is 0. The molecule has 0 aromatic carbocycles. The fraction of sp³-hybridized carbons (Fsp3) is 1.00. The van der Waals surface area contributed by atoms with Gasteiger partial charge in [0.05, 0.1) is 0 Å². The molecule has 1 rings (SSSR count). The molecule has 0 atom stereocenters. The topological polar surface area (TPSA) is 97.5 Å². The molecule has 1 fully saturated rings. The van der Waals surface area contributed by atoms with Crippen molar-refractivity contribution in [2.45, 2.75) is 25.4 Å². The minimum Gasteiger partial charge on any atom is -0.0843 e. The normalized spacial score (nSPS) is 18.9. The minimum atomic E-state index is -0.501. The van der Waals surface area contributed by atoms with Gasteiger partial charge in [-0.3, -0.25) is 0 Å². The Morgan fingerprint density at radius 1 is 1.18 bits per heavy atom. The Bertz CT molecular complexity index is 201. The predicted octanol–water partition coefficient (Wildman–Crippen LogP) is 2.73. The first-order valence-electron chi connectivity index (χ1n) is 3.47. The second-order valence-corrected chi connectivity index (χ2v) is 2.51. The van der Waals surface area contributed by atoms with Crippen molar-refractivity contribution in [1.29, 1.82) is 0 Å². The molecule has 0 spiro atoms. The maximum Gasteiger partial charge on any atom is 0.118 e. The maximum atomic E-state index is 8.11. The van der Waals surface area contributed by atoms with Crippen LogP contribution in [0, 0.1) is 5.92 Å². The zero-order valence-electron chi connectivity index (χ0n) is 5.96. The SMILES string of the molecule is [N-]=[N+]=NC(N=[N+]=[N-])C1CCC1. The Hall–Kier alpha value is -1.38. The minimum absolute atomic E-state index is 0.279. The van der Waals surface area contributed by atoms with Crippen LogP contribution in [0.4, 0.5) is 0 Å². The van der Waals surface area contributed by atoms with E-state index in [4.69, 9.17) is 11.1 Å².